The van der Waals surface area contributed by atoms with E-state index >= 15 is 0 Å². The number of aromatic nitrogens is 2. The second-order valence-electron chi connectivity index (χ2n) is 3.74. The fourth-order valence-corrected chi connectivity index (χ4v) is 1.96. The van der Waals surface area contributed by atoms with Gasteiger partial charge in [-0.3, -0.25) is 0 Å². The van der Waals surface area contributed by atoms with E-state index in [1.165, 1.54) is 25.9 Å². The SMILES string of the molecule is Clc1cc(NCCN2CCCC2)cnn1. The summed E-state index contributed by atoms with van der Waals surface area (Å²) in [6.07, 6.45) is 4.36. The number of halogens is 1. The van der Waals surface area contributed by atoms with Crippen molar-refractivity contribution in [1.29, 1.82) is 0 Å². The van der Waals surface area contributed by atoms with Gasteiger partial charge in [-0.1, -0.05) is 11.6 Å². The van der Waals surface area contributed by atoms with Crippen LogP contribution in [0.2, 0.25) is 5.15 Å². The normalized spacial score (nSPS) is 16.9. The molecule has 2 rings (SSSR count). The van der Waals surface area contributed by atoms with Crippen molar-refractivity contribution in [3.8, 4) is 0 Å². The van der Waals surface area contributed by atoms with Gasteiger partial charge in [0.05, 0.1) is 11.9 Å². The zero-order chi connectivity index (χ0) is 10.5. The molecule has 0 radical (unpaired) electrons. The maximum atomic E-state index is 5.73. The first-order valence-corrected chi connectivity index (χ1v) is 5.67. The first-order valence-electron chi connectivity index (χ1n) is 5.29. The van der Waals surface area contributed by atoms with E-state index in [1.807, 2.05) is 0 Å². The van der Waals surface area contributed by atoms with Crippen LogP contribution in [0.25, 0.3) is 0 Å². The highest BCUT2D eigenvalue weighted by Crippen LogP contribution is 2.10. The summed E-state index contributed by atoms with van der Waals surface area (Å²) in [4.78, 5) is 2.46. The number of hydrogen-bond donors (Lipinski definition) is 1. The number of likely N-dealkylation sites (tertiary alicyclic amines) is 1. The summed E-state index contributed by atoms with van der Waals surface area (Å²) in [6.45, 7) is 4.48. The van der Waals surface area contributed by atoms with E-state index < -0.39 is 0 Å². The lowest BCUT2D eigenvalue weighted by molar-refractivity contribution is 0.352. The van der Waals surface area contributed by atoms with Crippen LogP contribution in [-0.4, -0.2) is 41.3 Å². The van der Waals surface area contributed by atoms with Crippen molar-refractivity contribution in [2.45, 2.75) is 12.8 Å². The Morgan fingerprint density at radius 3 is 2.93 bits per heavy atom. The van der Waals surface area contributed by atoms with Gasteiger partial charge in [0.15, 0.2) is 5.15 Å². The molecule has 15 heavy (non-hydrogen) atoms. The monoisotopic (exact) mass is 226 g/mol. The lowest BCUT2D eigenvalue weighted by atomic mass is 10.4. The van der Waals surface area contributed by atoms with Crippen LogP contribution < -0.4 is 5.32 Å². The highest BCUT2D eigenvalue weighted by molar-refractivity contribution is 6.29. The third kappa shape index (κ3) is 3.32. The number of rotatable bonds is 4. The van der Waals surface area contributed by atoms with Crippen molar-refractivity contribution in [2.75, 3.05) is 31.5 Å². The summed E-state index contributed by atoms with van der Waals surface area (Å²) in [7, 11) is 0. The van der Waals surface area contributed by atoms with Crippen LogP contribution in [0.3, 0.4) is 0 Å². The number of nitrogens with one attached hydrogen (secondary N) is 1. The second kappa shape index (κ2) is 5.28. The summed E-state index contributed by atoms with van der Waals surface area (Å²) < 4.78 is 0. The van der Waals surface area contributed by atoms with Crippen LogP contribution in [0, 0.1) is 0 Å². The largest absolute Gasteiger partial charge is 0.382 e. The summed E-state index contributed by atoms with van der Waals surface area (Å²) >= 11 is 5.73. The van der Waals surface area contributed by atoms with Gasteiger partial charge in [0.1, 0.15) is 0 Å². The van der Waals surface area contributed by atoms with Crippen LogP contribution in [0.1, 0.15) is 12.8 Å². The predicted octanol–water partition coefficient (Wildman–Crippen LogP) is 1.64. The summed E-state index contributed by atoms with van der Waals surface area (Å²) in [5.41, 5.74) is 0.939. The molecule has 0 spiro atoms. The Kier molecular flexibility index (Phi) is 3.75. The van der Waals surface area contributed by atoms with Crippen molar-refractivity contribution in [2.24, 2.45) is 0 Å². The van der Waals surface area contributed by atoms with Crippen molar-refractivity contribution in [3.63, 3.8) is 0 Å². The van der Waals surface area contributed by atoms with Crippen LogP contribution in [-0.2, 0) is 0 Å². The van der Waals surface area contributed by atoms with Crippen LogP contribution >= 0.6 is 11.6 Å². The zero-order valence-electron chi connectivity index (χ0n) is 8.62. The minimum Gasteiger partial charge on any atom is -0.382 e. The predicted molar refractivity (Wildman–Crippen MR) is 61.2 cm³/mol. The average molecular weight is 227 g/mol. The molecule has 82 valence electrons. The number of anilines is 1. The molecule has 4 nitrogen and oxygen atoms in total. The van der Waals surface area contributed by atoms with Crippen LogP contribution in [0.15, 0.2) is 12.3 Å². The first-order chi connectivity index (χ1) is 7.34. The Hall–Kier alpha value is -0.870. The standard InChI is InChI=1S/C10H15ClN4/c11-10-7-9(8-13-14-10)12-3-6-15-4-1-2-5-15/h7-8H,1-6H2,(H,12,14). The second-order valence-corrected chi connectivity index (χ2v) is 4.13. The molecule has 1 fully saturated rings. The van der Waals surface area contributed by atoms with Crippen molar-refractivity contribution in [3.05, 3.63) is 17.4 Å². The molecule has 0 bridgehead atoms. The van der Waals surface area contributed by atoms with Crippen molar-refractivity contribution < 1.29 is 0 Å². The maximum Gasteiger partial charge on any atom is 0.153 e. The molecule has 1 saturated heterocycles. The molecular formula is C10H15ClN4. The highest BCUT2D eigenvalue weighted by atomic mass is 35.5. The molecule has 0 aliphatic carbocycles. The molecule has 0 saturated carbocycles. The molecule has 1 aliphatic rings. The Morgan fingerprint density at radius 2 is 2.20 bits per heavy atom. The molecular weight excluding hydrogens is 212 g/mol. The molecule has 0 unspecified atom stereocenters. The molecule has 0 atom stereocenters. The number of nitrogens with zero attached hydrogens (tertiary/aromatic N) is 3. The summed E-state index contributed by atoms with van der Waals surface area (Å²) in [6, 6.07) is 1.79. The van der Waals surface area contributed by atoms with Crippen molar-refractivity contribution >= 4 is 17.3 Å². The molecule has 1 aromatic rings. The van der Waals surface area contributed by atoms with Crippen LogP contribution in [0.4, 0.5) is 5.69 Å². The third-order valence-corrected chi connectivity index (χ3v) is 2.77. The van der Waals surface area contributed by atoms with Gasteiger partial charge in [-0.25, -0.2) is 0 Å². The molecule has 5 heteroatoms. The molecule has 0 aromatic carbocycles. The van der Waals surface area contributed by atoms with Gasteiger partial charge >= 0.3 is 0 Å². The van der Waals surface area contributed by atoms with Gasteiger partial charge in [-0.05, 0) is 25.9 Å². The average Bonchev–Trinajstić information content (AvgIpc) is 2.71. The third-order valence-electron chi connectivity index (χ3n) is 2.58. The fraction of sp³-hybridized carbons (Fsp3) is 0.600. The van der Waals surface area contributed by atoms with E-state index in [0.717, 1.165) is 18.8 Å². The topological polar surface area (TPSA) is 41.0 Å². The lowest BCUT2D eigenvalue weighted by Gasteiger charge is -2.14. The molecule has 1 aromatic heterocycles. The van der Waals surface area contributed by atoms with E-state index in [4.69, 9.17) is 11.6 Å². The Labute approximate surface area is 94.6 Å². The fourth-order valence-electron chi connectivity index (χ4n) is 1.80. The van der Waals surface area contributed by atoms with Gasteiger partial charge in [-0.2, -0.15) is 5.10 Å². The van der Waals surface area contributed by atoms with Crippen molar-refractivity contribution in [1.82, 2.24) is 15.1 Å². The van der Waals surface area contributed by atoms with E-state index in [1.54, 1.807) is 12.3 Å². The Morgan fingerprint density at radius 1 is 1.40 bits per heavy atom. The van der Waals surface area contributed by atoms with Gasteiger partial charge in [0, 0.05) is 19.2 Å². The summed E-state index contributed by atoms with van der Waals surface area (Å²) in [5.74, 6) is 0. The van der Waals surface area contributed by atoms with E-state index in [0.29, 0.717) is 5.15 Å². The Balaban J connectivity index is 1.73. The highest BCUT2D eigenvalue weighted by Gasteiger charge is 2.10. The molecule has 1 aliphatic heterocycles. The van der Waals surface area contributed by atoms with E-state index in [2.05, 4.69) is 20.4 Å². The quantitative estimate of drug-likeness (QED) is 0.848. The molecule has 1 N–H and O–H groups in total. The zero-order valence-corrected chi connectivity index (χ0v) is 9.37. The first kappa shape index (κ1) is 10.6. The van der Waals surface area contributed by atoms with Gasteiger partial charge < -0.3 is 10.2 Å². The maximum absolute atomic E-state index is 5.73. The smallest absolute Gasteiger partial charge is 0.153 e. The van der Waals surface area contributed by atoms with E-state index in [-0.39, 0.29) is 0 Å². The summed E-state index contributed by atoms with van der Waals surface area (Å²) in [5, 5.41) is 11.2. The molecule has 2 heterocycles. The number of hydrogen-bond acceptors (Lipinski definition) is 4. The lowest BCUT2D eigenvalue weighted by Crippen LogP contribution is -2.25. The minimum atomic E-state index is 0.432. The van der Waals surface area contributed by atoms with Gasteiger partial charge in [-0.15, -0.1) is 5.10 Å². The van der Waals surface area contributed by atoms with E-state index in [9.17, 15) is 0 Å². The van der Waals surface area contributed by atoms with Crippen LogP contribution in [0.5, 0.6) is 0 Å². The van der Waals surface area contributed by atoms with Gasteiger partial charge in [0.25, 0.3) is 0 Å². The Bertz CT molecular complexity index is 312. The van der Waals surface area contributed by atoms with Gasteiger partial charge in [0.2, 0.25) is 0 Å². The molecule has 0 amide bonds. The minimum absolute atomic E-state index is 0.432.